The van der Waals surface area contributed by atoms with Crippen molar-refractivity contribution in [2.24, 2.45) is 0 Å². The third-order valence-corrected chi connectivity index (χ3v) is 4.02. The number of nitrogens with zero attached hydrogens (tertiary/aromatic N) is 1. The van der Waals surface area contributed by atoms with Gasteiger partial charge in [0, 0.05) is 12.7 Å². The molecule has 1 aromatic heterocycles. The fourth-order valence-corrected chi connectivity index (χ4v) is 2.66. The van der Waals surface area contributed by atoms with Crippen molar-refractivity contribution >= 4 is 28.1 Å². The van der Waals surface area contributed by atoms with E-state index in [9.17, 15) is 4.79 Å². The highest BCUT2D eigenvalue weighted by atomic mass is 32.1. The summed E-state index contributed by atoms with van der Waals surface area (Å²) in [5.41, 5.74) is 3.83. The summed E-state index contributed by atoms with van der Waals surface area (Å²) in [6, 6.07) is 5.97. The summed E-state index contributed by atoms with van der Waals surface area (Å²) in [4.78, 5) is 17.2. The zero-order chi connectivity index (χ0) is 14.0. The summed E-state index contributed by atoms with van der Waals surface area (Å²) < 4.78 is 0. The standard InChI is InChI=1S/C14H17N3OS/c1-8-5-6-11(9(2)7-8)17-13(18)12-10(3)16-14(15-4)19-12/h5-7H,1-4H3,(H,15,16)(H,17,18). The van der Waals surface area contributed by atoms with E-state index in [0.29, 0.717) is 4.88 Å². The maximum atomic E-state index is 12.2. The lowest BCUT2D eigenvalue weighted by Gasteiger charge is -2.08. The highest BCUT2D eigenvalue weighted by Gasteiger charge is 2.15. The van der Waals surface area contributed by atoms with Gasteiger partial charge in [0.15, 0.2) is 5.13 Å². The van der Waals surface area contributed by atoms with E-state index in [1.165, 1.54) is 16.9 Å². The molecule has 2 rings (SSSR count). The first-order valence-corrected chi connectivity index (χ1v) is 6.86. The van der Waals surface area contributed by atoms with Crippen molar-refractivity contribution < 1.29 is 4.79 Å². The van der Waals surface area contributed by atoms with E-state index in [2.05, 4.69) is 15.6 Å². The Hall–Kier alpha value is -1.88. The number of amides is 1. The molecular weight excluding hydrogens is 258 g/mol. The van der Waals surface area contributed by atoms with Gasteiger partial charge in [-0.15, -0.1) is 0 Å². The van der Waals surface area contributed by atoms with Crippen molar-refractivity contribution in [3.63, 3.8) is 0 Å². The second-order valence-electron chi connectivity index (χ2n) is 4.46. The van der Waals surface area contributed by atoms with Crippen LogP contribution >= 0.6 is 11.3 Å². The number of aromatic nitrogens is 1. The average Bonchev–Trinajstić information content (AvgIpc) is 2.74. The second-order valence-corrected chi connectivity index (χ2v) is 5.46. The van der Waals surface area contributed by atoms with Crippen LogP contribution in [-0.2, 0) is 0 Å². The lowest BCUT2D eigenvalue weighted by Crippen LogP contribution is -2.12. The van der Waals surface area contributed by atoms with Gasteiger partial charge in [-0.2, -0.15) is 0 Å². The first kappa shape index (κ1) is 13.5. The fraction of sp³-hybridized carbons (Fsp3) is 0.286. The van der Waals surface area contributed by atoms with Crippen molar-refractivity contribution in [1.82, 2.24) is 4.98 Å². The van der Waals surface area contributed by atoms with Gasteiger partial charge in [-0.1, -0.05) is 29.0 Å². The Bertz CT molecular complexity index is 619. The lowest BCUT2D eigenvalue weighted by atomic mass is 10.1. The summed E-state index contributed by atoms with van der Waals surface area (Å²) in [6.45, 7) is 5.86. The molecule has 4 nitrogen and oxygen atoms in total. The zero-order valence-corrected chi connectivity index (χ0v) is 12.3. The van der Waals surface area contributed by atoms with Gasteiger partial charge in [0.25, 0.3) is 5.91 Å². The predicted octanol–water partition coefficient (Wildman–Crippen LogP) is 3.36. The van der Waals surface area contributed by atoms with Crippen LogP contribution in [0.3, 0.4) is 0 Å². The van der Waals surface area contributed by atoms with Crippen molar-refractivity contribution in [2.75, 3.05) is 17.7 Å². The number of hydrogen-bond donors (Lipinski definition) is 2. The predicted molar refractivity (Wildman–Crippen MR) is 80.3 cm³/mol. The Kier molecular flexibility index (Phi) is 3.85. The molecule has 0 radical (unpaired) electrons. The summed E-state index contributed by atoms with van der Waals surface area (Å²) in [5, 5.41) is 6.64. The molecule has 5 heteroatoms. The number of hydrogen-bond acceptors (Lipinski definition) is 4. The third kappa shape index (κ3) is 2.93. The SMILES string of the molecule is CNc1nc(C)c(C(=O)Nc2ccc(C)cc2C)s1. The maximum Gasteiger partial charge on any atom is 0.267 e. The number of aryl methyl sites for hydroxylation is 3. The van der Waals surface area contributed by atoms with E-state index < -0.39 is 0 Å². The quantitative estimate of drug-likeness (QED) is 0.903. The largest absolute Gasteiger partial charge is 0.365 e. The molecule has 0 aliphatic rings. The van der Waals surface area contributed by atoms with Crippen LogP contribution in [0.1, 0.15) is 26.5 Å². The van der Waals surface area contributed by atoms with Crippen LogP contribution in [-0.4, -0.2) is 17.9 Å². The Labute approximate surface area is 116 Å². The van der Waals surface area contributed by atoms with Gasteiger partial charge in [-0.3, -0.25) is 4.79 Å². The van der Waals surface area contributed by atoms with Crippen LogP contribution in [0.4, 0.5) is 10.8 Å². The van der Waals surface area contributed by atoms with Crippen molar-refractivity contribution in [1.29, 1.82) is 0 Å². The summed E-state index contributed by atoms with van der Waals surface area (Å²) in [7, 11) is 1.80. The molecule has 2 aromatic rings. The monoisotopic (exact) mass is 275 g/mol. The molecule has 1 aromatic carbocycles. The Balaban J connectivity index is 2.23. The van der Waals surface area contributed by atoms with Crippen molar-refractivity contribution in [2.45, 2.75) is 20.8 Å². The van der Waals surface area contributed by atoms with E-state index in [1.807, 2.05) is 39.0 Å². The number of benzene rings is 1. The first-order valence-electron chi connectivity index (χ1n) is 6.05. The molecule has 100 valence electrons. The molecule has 0 unspecified atom stereocenters. The van der Waals surface area contributed by atoms with E-state index in [4.69, 9.17) is 0 Å². The smallest absolute Gasteiger partial charge is 0.267 e. The molecule has 2 N–H and O–H groups in total. The number of anilines is 2. The van der Waals surface area contributed by atoms with Crippen LogP contribution in [0.2, 0.25) is 0 Å². The molecule has 0 fully saturated rings. The highest BCUT2D eigenvalue weighted by Crippen LogP contribution is 2.24. The molecule has 1 amide bonds. The van der Waals surface area contributed by atoms with Crippen molar-refractivity contribution in [3.8, 4) is 0 Å². The number of carbonyl (C=O) groups is 1. The summed E-state index contributed by atoms with van der Waals surface area (Å²) in [6.07, 6.45) is 0. The molecule has 0 aliphatic heterocycles. The zero-order valence-electron chi connectivity index (χ0n) is 11.5. The van der Waals surface area contributed by atoms with Gasteiger partial charge in [-0.25, -0.2) is 4.98 Å². The first-order chi connectivity index (χ1) is 9.01. The molecule has 0 spiro atoms. The Morgan fingerprint density at radius 1 is 1.26 bits per heavy atom. The minimum Gasteiger partial charge on any atom is -0.365 e. The Morgan fingerprint density at radius 2 is 2.00 bits per heavy atom. The second kappa shape index (κ2) is 5.40. The number of rotatable bonds is 3. The van der Waals surface area contributed by atoms with Gasteiger partial charge in [0.1, 0.15) is 4.88 Å². The number of nitrogens with one attached hydrogen (secondary N) is 2. The van der Waals surface area contributed by atoms with Crippen LogP contribution in [0.15, 0.2) is 18.2 Å². The summed E-state index contributed by atoms with van der Waals surface area (Å²) >= 11 is 1.36. The number of thiazole rings is 1. The van der Waals surface area contributed by atoms with Crippen molar-refractivity contribution in [3.05, 3.63) is 39.9 Å². The van der Waals surface area contributed by atoms with Crippen LogP contribution in [0.5, 0.6) is 0 Å². The van der Waals surface area contributed by atoms with E-state index in [1.54, 1.807) is 7.05 Å². The van der Waals surface area contributed by atoms with E-state index in [-0.39, 0.29) is 5.91 Å². The molecule has 1 heterocycles. The van der Waals surface area contributed by atoms with Gasteiger partial charge in [0.05, 0.1) is 5.69 Å². The molecule has 19 heavy (non-hydrogen) atoms. The third-order valence-electron chi connectivity index (χ3n) is 2.85. The van der Waals surface area contributed by atoms with Crippen LogP contribution in [0.25, 0.3) is 0 Å². The molecule has 0 saturated heterocycles. The van der Waals surface area contributed by atoms with Gasteiger partial charge >= 0.3 is 0 Å². The van der Waals surface area contributed by atoms with E-state index in [0.717, 1.165) is 22.1 Å². The number of carbonyl (C=O) groups excluding carboxylic acids is 1. The van der Waals surface area contributed by atoms with Gasteiger partial charge in [-0.05, 0) is 32.4 Å². The topological polar surface area (TPSA) is 54.0 Å². The molecule has 0 atom stereocenters. The van der Waals surface area contributed by atoms with Crippen LogP contribution in [0, 0.1) is 20.8 Å². The minimum atomic E-state index is -0.108. The molecule has 0 bridgehead atoms. The fourth-order valence-electron chi connectivity index (χ4n) is 1.85. The Morgan fingerprint density at radius 3 is 2.58 bits per heavy atom. The van der Waals surface area contributed by atoms with Gasteiger partial charge in [0.2, 0.25) is 0 Å². The molecule has 0 saturated carbocycles. The van der Waals surface area contributed by atoms with Crippen LogP contribution < -0.4 is 10.6 Å². The van der Waals surface area contributed by atoms with Gasteiger partial charge < -0.3 is 10.6 Å². The lowest BCUT2D eigenvalue weighted by molar-refractivity contribution is 0.102. The highest BCUT2D eigenvalue weighted by molar-refractivity contribution is 7.17. The summed E-state index contributed by atoms with van der Waals surface area (Å²) in [5.74, 6) is -0.108. The maximum absolute atomic E-state index is 12.2. The molecular formula is C14H17N3OS. The van der Waals surface area contributed by atoms with E-state index >= 15 is 0 Å². The minimum absolute atomic E-state index is 0.108. The normalized spacial score (nSPS) is 10.3. The molecule has 0 aliphatic carbocycles. The average molecular weight is 275 g/mol.